The third-order valence-electron chi connectivity index (χ3n) is 13.4. The first-order valence-corrected chi connectivity index (χ1v) is 29.4. The molecule has 0 aliphatic rings. The molecule has 67 heavy (non-hydrogen) atoms. The van der Waals surface area contributed by atoms with Crippen molar-refractivity contribution in [1.82, 2.24) is 5.32 Å². The minimum Gasteiger partial charge on any atom is -0.462 e. The number of hydrogen-bond acceptors (Lipinski definition) is 5. The molecule has 6 nitrogen and oxygen atoms in total. The number of carbonyl (C=O) groups excluding carboxylic acids is 2. The number of esters is 1. The molecule has 0 aromatic carbocycles. The van der Waals surface area contributed by atoms with Crippen molar-refractivity contribution in [1.29, 1.82) is 0 Å². The van der Waals surface area contributed by atoms with Crippen LogP contribution in [0.4, 0.5) is 0 Å². The number of aliphatic hydroxyl groups is 2. The van der Waals surface area contributed by atoms with Crippen LogP contribution in [-0.4, -0.2) is 46.9 Å². The standard InChI is InChI=1S/C61H113NO5/c1-4-7-10-13-16-19-22-25-28-30-33-35-38-41-44-47-50-53-59(64)58(56-63)62-60(65)55-57(52-49-46-43-40-37-34-32-29-26-23-20-17-14-11-8-5-2)67-61(66)54-51-48-45-42-39-36-31-27-24-21-18-15-12-9-6-3/h21,23-24,26,29,32,34,37,57-59,63-64H,4-20,22,25,27-28,30-31,33,35-36,38-56H2,1-3H3,(H,62,65)/b24-21-,26-23+,32-29+,37-34+. The van der Waals surface area contributed by atoms with Gasteiger partial charge in [-0.05, 0) is 77.0 Å². The summed E-state index contributed by atoms with van der Waals surface area (Å²) in [5, 5.41) is 23.9. The molecule has 0 spiro atoms. The second kappa shape index (κ2) is 54.8. The van der Waals surface area contributed by atoms with Gasteiger partial charge in [-0.15, -0.1) is 0 Å². The van der Waals surface area contributed by atoms with Gasteiger partial charge in [0, 0.05) is 6.42 Å². The Bertz CT molecular complexity index is 1150. The molecule has 0 aromatic heterocycles. The summed E-state index contributed by atoms with van der Waals surface area (Å²) in [5.41, 5.74) is 0. The molecule has 6 heteroatoms. The Balaban J connectivity index is 4.59. The van der Waals surface area contributed by atoms with Crippen LogP contribution in [0.15, 0.2) is 48.6 Å². The van der Waals surface area contributed by atoms with Gasteiger partial charge in [0.2, 0.25) is 5.91 Å². The number of allylic oxidation sites excluding steroid dienone is 8. The van der Waals surface area contributed by atoms with Crippen LogP contribution >= 0.6 is 0 Å². The Kier molecular flexibility index (Phi) is 53.0. The van der Waals surface area contributed by atoms with Crippen LogP contribution < -0.4 is 5.32 Å². The van der Waals surface area contributed by atoms with Gasteiger partial charge in [0.1, 0.15) is 6.10 Å². The Labute approximate surface area is 416 Å². The predicted octanol–water partition coefficient (Wildman–Crippen LogP) is 18.2. The zero-order chi connectivity index (χ0) is 48.8. The van der Waals surface area contributed by atoms with Gasteiger partial charge >= 0.3 is 5.97 Å². The average Bonchev–Trinajstić information content (AvgIpc) is 3.32. The number of rotatable bonds is 53. The van der Waals surface area contributed by atoms with E-state index in [1.165, 1.54) is 186 Å². The Hall–Kier alpha value is -2.18. The van der Waals surface area contributed by atoms with Crippen LogP contribution in [0, 0.1) is 0 Å². The molecular formula is C61H113NO5. The van der Waals surface area contributed by atoms with E-state index in [1.807, 2.05) is 0 Å². The van der Waals surface area contributed by atoms with Crippen LogP contribution in [0.5, 0.6) is 0 Å². The summed E-state index contributed by atoms with van der Waals surface area (Å²) in [5.74, 6) is -0.502. The summed E-state index contributed by atoms with van der Waals surface area (Å²) in [6.07, 6.45) is 67.4. The van der Waals surface area contributed by atoms with Crippen molar-refractivity contribution >= 4 is 11.9 Å². The van der Waals surface area contributed by atoms with Gasteiger partial charge in [0.05, 0.1) is 25.2 Å². The number of carbonyl (C=O) groups is 2. The molecule has 0 aromatic rings. The van der Waals surface area contributed by atoms with E-state index < -0.39 is 18.2 Å². The number of unbranched alkanes of at least 4 members (excludes halogenated alkanes) is 35. The molecule has 3 N–H and O–H groups in total. The van der Waals surface area contributed by atoms with E-state index in [2.05, 4.69) is 74.7 Å². The Morgan fingerprint density at radius 2 is 0.776 bits per heavy atom. The highest BCUT2D eigenvalue weighted by Gasteiger charge is 2.24. The first-order chi connectivity index (χ1) is 33.0. The minimum absolute atomic E-state index is 0.0546. The number of hydrogen-bond donors (Lipinski definition) is 3. The highest BCUT2D eigenvalue weighted by Crippen LogP contribution is 2.18. The Morgan fingerprint density at radius 1 is 0.433 bits per heavy atom. The van der Waals surface area contributed by atoms with Gasteiger partial charge in [0.15, 0.2) is 0 Å². The van der Waals surface area contributed by atoms with E-state index >= 15 is 0 Å². The van der Waals surface area contributed by atoms with Crippen molar-refractivity contribution in [2.75, 3.05) is 6.61 Å². The zero-order valence-electron chi connectivity index (χ0n) is 44.8. The van der Waals surface area contributed by atoms with E-state index in [-0.39, 0.29) is 24.9 Å². The van der Waals surface area contributed by atoms with Crippen molar-refractivity contribution < 1.29 is 24.5 Å². The SMILES string of the molecule is CCCCCC/C=C\CCCCCCCCCC(=O)OC(CCCCC/C=C/C=C/C=C/CCCCCCC)CC(=O)NC(CO)C(O)CCCCCCCCCCCCCCCCCCC. The highest BCUT2D eigenvalue weighted by atomic mass is 16.5. The summed E-state index contributed by atoms with van der Waals surface area (Å²) in [6.45, 7) is 6.48. The summed E-state index contributed by atoms with van der Waals surface area (Å²) < 4.78 is 5.95. The average molecular weight is 941 g/mol. The molecule has 0 aliphatic carbocycles. The molecule has 0 rings (SSSR count). The maximum Gasteiger partial charge on any atom is 0.306 e. The smallest absolute Gasteiger partial charge is 0.306 e. The number of nitrogens with one attached hydrogen (secondary N) is 1. The second-order valence-corrected chi connectivity index (χ2v) is 20.1. The molecule has 0 aliphatic heterocycles. The topological polar surface area (TPSA) is 95.9 Å². The lowest BCUT2D eigenvalue weighted by atomic mass is 10.0. The molecule has 3 atom stereocenters. The number of aliphatic hydroxyl groups excluding tert-OH is 2. The largest absolute Gasteiger partial charge is 0.462 e. The molecule has 0 saturated heterocycles. The summed E-state index contributed by atoms with van der Waals surface area (Å²) in [7, 11) is 0. The van der Waals surface area contributed by atoms with Crippen LogP contribution in [0.25, 0.3) is 0 Å². The van der Waals surface area contributed by atoms with Gasteiger partial charge in [-0.3, -0.25) is 9.59 Å². The first kappa shape index (κ1) is 64.8. The van der Waals surface area contributed by atoms with Crippen LogP contribution in [0.1, 0.15) is 303 Å². The first-order valence-electron chi connectivity index (χ1n) is 29.4. The van der Waals surface area contributed by atoms with Crippen LogP contribution in [0.2, 0.25) is 0 Å². The lowest BCUT2D eigenvalue weighted by Crippen LogP contribution is -2.46. The fourth-order valence-electron chi connectivity index (χ4n) is 8.96. The fourth-order valence-corrected chi connectivity index (χ4v) is 8.96. The molecule has 0 fully saturated rings. The molecule has 0 bridgehead atoms. The van der Waals surface area contributed by atoms with E-state index in [1.54, 1.807) is 0 Å². The van der Waals surface area contributed by atoms with Gasteiger partial charge in [-0.25, -0.2) is 0 Å². The molecule has 0 heterocycles. The van der Waals surface area contributed by atoms with Crippen LogP contribution in [0.3, 0.4) is 0 Å². The Morgan fingerprint density at radius 3 is 1.21 bits per heavy atom. The van der Waals surface area contributed by atoms with Gasteiger partial charge in [-0.2, -0.15) is 0 Å². The van der Waals surface area contributed by atoms with Crippen LogP contribution in [-0.2, 0) is 14.3 Å². The van der Waals surface area contributed by atoms with Gasteiger partial charge in [-0.1, -0.05) is 262 Å². The van der Waals surface area contributed by atoms with Crippen molar-refractivity contribution in [3.8, 4) is 0 Å². The number of amides is 1. The summed E-state index contributed by atoms with van der Waals surface area (Å²) in [6, 6.07) is -0.714. The minimum atomic E-state index is -0.799. The van der Waals surface area contributed by atoms with E-state index in [9.17, 15) is 19.8 Å². The predicted molar refractivity (Wildman–Crippen MR) is 292 cm³/mol. The van der Waals surface area contributed by atoms with Gasteiger partial charge < -0.3 is 20.3 Å². The third kappa shape index (κ3) is 50.0. The zero-order valence-corrected chi connectivity index (χ0v) is 44.8. The summed E-state index contributed by atoms with van der Waals surface area (Å²) in [4.78, 5) is 26.3. The van der Waals surface area contributed by atoms with E-state index in [0.29, 0.717) is 19.3 Å². The third-order valence-corrected chi connectivity index (χ3v) is 13.4. The molecule has 1 amide bonds. The molecule has 0 saturated carbocycles. The highest BCUT2D eigenvalue weighted by molar-refractivity contribution is 5.77. The number of ether oxygens (including phenoxy) is 1. The van der Waals surface area contributed by atoms with Crippen molar-refractivity contribution in [3.63, 3.8) is 0 Å². The second-order valence-electron chi connectivity index (χ2n) is 20.1. The van der Waals surface area contributed by atoms with Crippen molar-refractivity contribution in [2.24, 2.45) is 0 Å². The fraction of sp³-hybridized carbons (Fsp3) is 0.836. The van der Waals surface area contributed by atoms with Crippen molar-refractivity contribution in [2.45, 2.75) is 322 Å². The molecular weight excluding hydrogens is 827 g/mol. The van der Waals surface area contributed by atoms with Gasteiger partial charge in [0.25, 0.3) is 0 Å². The van der Waals surface area contributed by atoms with E-state index in [4.69, 9.17) is 4.74 Å². The maximum absolute atomic E-state index is 13.3. The lowest BCUT2D eigenvalue weighted by molar-refractivity contribution is -0.151. The normalized spacial score (nSPS) is 13.4. The molecule has 0 radical (unpaired) electrons. The maximum atomic E-state index is 13.3. The summed E-state index contributed by atoms with van der Waals surface area (Å²) >= 11 is 0. The molecule has 3 unspecified atom stereocenters. The molecule has 392 valence electrons. The van der Waals surface area contributed by atoms with Crippen molar-refractivity contribution in [3.05, 3.63) is 48.6 Å². The monoisotopic (exact) mass is 940 g/mol. The quantitative estimate of drug-likeness (QED) is 0.0244. The van der Waals surface area contributed by atoms with E-state index in [0.717, 1.165) is 70.6 Å². The lowest BCUT2D eigenvalue weighted by Gasteiger charge is -2.24.